The molecule has 24 heavy (non-hydrogen) atoms. The van der Waals surface area contributed by atoms with E-state index in [1.165, 1.54) is 6.92 Å². The summed E-state index contributed by atoms with van der Waals surface area (Å²) in [5, 5.41) is 11.1. The third kappa shape index (κ3) is 3.38. The maximum Gasteiger partial charge on any atom is 0.261 e. The molecule has 0 aliphatic carbocycles. The first-order valence-corrected chi connectivity index (χ1v) is 8.08. The molecule has 8 heteroatoms. The second-order valence-corrected chi connectivity index (χ2v) is 6.79. The number of nitrogens with one attached hydrogen (secondary N) is 1. The molecule has 7 nitrogen and oxygen atoms in total. The van der Waals surface area contributed by atoms with Crippen molar-refractivity contribution in [3.63, 3.8) is 0 Å². The van der Waals surface area contributed by atoms with Gasteiger partial charge in [-0.1, -0.05) is 21.1 Å². The first kappa shape index (κ1) is 16.4. The van der Waals surface area contributed by atoms with Crippen LogP contribution in [0.2, 0.25) is 0 Å². The molecule has 3 rings (SSSR count). The summed E-state index contributed by atoms with van der Waals surface area (Å²) < 4.78 is 8.04. The van der Waals surface area contributed by atoms with Crippen LogP contribution in [0.1, 0.15) is 26.6 Å². The predicted octanol–water partition coefficient (Wildman–Crippen LogP) is 3.06. The van der Waals surface area contributed by atoms with E-state index in [9.17, 15) is 4.79 Å². The van der Waals surface area contributed by atoms with Crippen molar-refractivity contribution in [2.75, 3.05) is 0 Å². The zero-order valence-electron chi connectivity index (χ0n) is 13.4. The van der Waals surface area contributed by atoms with E-state index in [0.717, 1.165) is 10.2 Å². The van der Waals surface area contributed by atoms with E-state index in [4.69, 9.17) is 4.52 Å². The van der Waals surface area contributed by atoms with Gasteiger partial charge in [0.2, 0.25) is 5.91 Å². The average Bonchev–Trinajstić information content (AvgIpc) is 3.16. The molecule has 3 aromatic rings. The van der Waals surface area contributed by atoms with Gasteiger partial charge in [-0.05, 0) is 38.1 Å². The lowest BCUT2D eigenvalue weighted by Crippen LogP contribution is -2.40. The normalized spacial score (nSPS) is 11.5. The molecule has 0 fully saturated rings. The van der Waals surface area contributed by atoms with E-state index < -0.39 is 5.54 Å². The third-order valence-electron chi connectivity index (χ3n) is 3.39. The number of aromatic nitrogens is 4. The Morgan fingerprint density at radius 1 is 1.29 bits per heavy atom. The first-order valence-electron chi connectivity index (χ1n) is 7.29. The van der Waals surface area contributed by atoms with Gasteiger partial charge in [0, 0.05) is 17.6 Å². The molecule has 0 atom stereocenters. The van der Waals surface area contributed by atoms with Crippen molar-refractivity contribution in [2.24, 2.45) is 0 Å². The fourth-order valence-corrected chi connectivity index (χ4v) is 2.52. The number of hydrogen-bond donors (Lipinski definition) is 1. The van der Waals surface area contributed by atoms with Gasteiger partial charge in [0.25, 0.3) is 5.89 Å². The number of hydrogen-bond acceptors (Lipinski definition) is 5. The molecular weight excluding hydrogens is 374 g/mol. The zero-order chi connectivity index (χ0) is 17.3. The molecule has 0 aliphatic rings. The Morgan fingerprint density at radius 2 is 2.00 bits per heavy atom. The van der Waals surface area contributed by atoms with Crippen LogP contribution < -0.4 is 5.32 Å². The van der Waals surface area contributed by atoms with Crippen molar-refractivity contribution in [2.45, 2.75) is 26.3 Å². The van der Waals surface area contributed by atoms with Crippen LogP contribution in [-0.2, 0) is 10.3 Å². The van der Waals surface area contributed by atoms with Crippen LogP contribution in [0.25, 0.3) is 17.1 Å². The van der Waals surface area contributed by atoms with Crippen molar-refractivity contribution in [3.8, 4) is 17.1 Å². The molecule has 0 radical (unpaired) electrons. The third-order valence-corrected chi connectivity index (χ3v) is 3.92. The van der Waals surface area contributed by atoms with Gasteiger partial charge in [0.1, 0.15) is 0 Å². The quantitative estimate of drug-likeness (QED) is 0.740. The van der Waals surface area contributed by atoms with Gasteiger partial charge in [-0.15, -0.1) is 0 Å². The zero-order valence-corrected chi connectivity index (χ0v) is 15.0. The number of amides is 1. The van der Waals surface area contributed by atoms with Crippen molar-refractivity contribution in [1.82, 2.24) is 25.2 Å². The molecule has 124 valence electrons. The molecule has 2 heterocycles. The SMILES string of the molecule is CC(=O)NC(C)(C)c1noc(-c2cnn(-c3ccc(Br)cc3)c2)n1. The van der Waals surface area contributed by atoms with Gasteiger partial charge in [-0.2, -0.15) is 10.1 Å². The van der Waals surface area contributed by atoms with Gasteiger partial charge in [0.05, 0.1) is 23.0 Å². The van der Waals surface area contributed by atoms with Crippen LogP contribution in [0.15, 0.2) is 45.7 Å². The molecule has 1 N–H and O–H groups in total. The summed E-state index contributed by atoms with van der Waals surface area (Å²) in [5.41, 5.74) is 0.910. The summed E-state index contributed by atoms with van der Waals surface area (Å²) in [6.07, 6.45) is 3.47. The fourth-order valence-electron chi connectivity index (χ4n) is 2.26. The van der Waals surface area contributed by atoms with E-state index in [0.29, 0.717) is 17.3 Å². The molecule has 1 amide bonds. The minimum Gasteiger partial charge on any atom is -0.344 e. The van der Waals surface area contributed by atoms with Gasteiger partial charge in [-0.3, -0.25) is 4.79 Å². The van der Waals surface area contributed by atoms with E-state index in [-0.39, 0.29) is 5.91 Å². The van der Waals surface area contributed by atoms with Crippen LogP contribution in [-0.4, -0.2) is 25.8 Å². The maximum absolute atomic E-state index is 11.3. The Morgan fingerprint density at radius 3 is 2.67 bits per heavy atom. The molecule has 0 saturated heterocycles. The van der Waals surface area contributed by atoms with Crippen LogP contribution in [0.3, 0.4) is 0 Å². The highest BCUT2D eigenvalue weighted by molar-refractivity contribution is 9.10. The Kier molecular flexibility index (Phi) is 4.23. The minimum absolute atomic E-state index is 0.158. The fraction of sp³-hybridized carbons (Fsp3) is 0.250. The summed E-state index contributed by atoms with van der Waals surface area (Å²) >= 11 is 3.41. The Balaban J connectivity index is 1.86. The van der Waals surface area contributed by atoms with Crippen LogP contribution in [0.5, 0.6) is 0 Å². The molecule has 0 unspecified atom stereocenters. The van der Waals surface area contributed by atoms with Gasteiger partial charge in [0.15, 0.2) is 5.82 Å². The predicted molar refractivity (Wildman–Crippen MR) is 91.4 cm³/mol. The monoisotopic (exact) mass is 389 g/mol. The largest absolute Gasteiger partial charge is 0.344 e. The number of carbonyl (C=O) groups is 1. The summed E-state index contributed by atoms with van der Waals surface area (Å²) in [6, 6.07) is 7.77. The number of nitrogens with zero attached hydrogens (tertiary/aromatic N) is 4. The molecule has 0 bridgehead atoms. The second-order valence-electron chi connectivity index (χ2n) is 5.88. The highest BCUT2D eigenvalue weighted by Gasteiger charge is 2.28. The lowest BCUT2D eigenvalue weighted by Gasteiger charge is -2.20. The number of rotatable bonds is 4. The summed E-state index contributed by atoms with van der Waals surface area (Å²) in [7, 11) is 0. The summed E-state index contributed by atoms with van der Waals surface area (Å²) in [4.78, 5) is 15.7. The van der Waals surface area contributed by atoms with Crippen LogP contribution in [0, 0.1) is 0 Å². The first-order chi connectivity index (χ1) is 11.3. The Bertz CT molecular complexity index is 867. The van der Waals surface area contributed by atoms with E-state index >= 15 is 0 Å². The van der Waals surface area contributed by atoms with Gasteiger partial charge in [-0.25, -0.2) is 4.68 Å². The van der Waals surface area contributed by atoms with Crippen molar-refractivity contribution < 1.29 is 9.32 Å². The molecular formula is C16H16BrN5O2. The van der Waals surface area contributed by atoms with Crippen molar-refractivity contribution in [1.29, 1.82) is 0 Å². The smallest absolute Gasteiger partial charge is 0.261 e. The highest BCUT2D eigenvalue weighted by atomic mass is 79.9. The highest BCUT2D eigenvalue weighted by Crippen LogP contribution is 2.23. The molecule has 1 aromatic carbocycles. The minimum atomic E-state index is -0.713. The topological polar surface area (TPSA) is 85.8 Å². The number of carbonyl (C=O) groups excluding carboxylic acids is 1. The van der Waals surface area contributed by atoms with E-state index in [1.54, 1.807) is 10.9 Å². The second kappa shape index (κ2) is 6.20. The summed E-state index contributed by atoms with van der Waals surface area (Å²) in [5.74, 6) is 0.602. The number of halogens is 1. The summed E-state index contributed by atoms with van der Waals surface area (Å²) in [6.45, 7) is 5.08. The molecule has 0 saturated carbocycles. The van der Waals surface area contributed by atoms with E-state index in [1.807, 2.05) is 44.3 Å². The van der Waals surface area contributed by atoms with Gasteiger partial charge >= 0.3 is 0 Å². The van der Waals surface area contributed by atoms with Gasteiger partial charge < -0.3 is 9.84 Å². The molecule has 2 aromatic heterocycles. The van der Waals surface area contributed by atoms with Crippen molar-refractivity contribution in [3.05, 3.63) is 47.0 Å². The lowest BCUT2D eigenvalue weighted by atomic mass is 10.1. The standard InChI is InChI=1S/C16H16BrN5O2/c1-10(23)20-16(2,3)15-19-14(24-21-15)11-8-18-22(9-11)13-6-4-12(17)5-7-13/h4-9H,1-3H3,(H,20,23). The van der Waals surface area contributed by atoms with E-state index in [2.05, 4.69) is 36.5 Å². The lowest BCUT2D eigenvalue weighted by molar-refractivity contribution is -0.120. The molecule has 0 spiro atoms. The Labute approximate surface area is 147 Å². The average molecular weight is 390 g/mol. The van der Waals surface area contributed by atoms with Crippen LogP contribution in [0.4, 0.5) is 0 Å². The number of benzene rings is 1. The Hall–Kier alpha value is -2.48. The maximum atomic E-state index is 11.3. The van der Waals surface area contributed by atoms with Crippen LogP contribution >= 0.6 is 15.9 Å². The molecule has 0 aliphatic heterocycles. The van der Waals surface area contributed by atoms with Crippen molar-refractivity contribution >= 4 is 21.8 Å².